The lowest BCUT2D eigenvalue weighted by molar-refractivity contribution is 0.270. The van der Waals surface area contributed by atoms with Crippen molar-refractivity contribution in [3.05, 3.63) is 29.6 Å². The molecule has 0 radical (unpaired) electrons. The van der Waals surface area contributed by atoms with E-state index in [1.165, 1.54) is 0 Å². The molecule has 0 aliphatic carbocycles. The van der Waals surface area contributed by atoms with Gasteiger partial charge in [-0.25, -0.2) is 9.38 Å². The summed E-state index contributed by atoms with van der Waals surface area (Å²) in [6, 6.07) is 5.47. The van der Waals surface area contributed by atoms with Crippen LogP contribution in [0.2, 0.25) is 0 Å². The number of nitrogens with two attached hydrogens (primary N) is 1. The van der Waals surface area contributed by atoms with Crippen LogP contribution in [0.4, 0.5) is 10.1 Å². The third kappa shape index (κ3) is 4.67. The highest BCUT2D eigenvalue weighted by molar-refractivity contribution is 5.78. The Balaban J connectivity index is 1.58. The van der Waals surface area contributed by atoms with Crippen LogP contribution in [-0.2, 0) is 6.54 Å². The topological polar surface area (TPSA) is 48.1 Å². The smallest absolute Gasteiger partial charge is 0.191 e. The predicted octanol–water partition coefficient (Wildman–Crippen LogP) is 2.51. The number of anilines is 1. The van der Waals surface area contributed by atoms with E-state index >= 15 is 0 Å². The van der Waals surface area contributed by atoms with Gasteiger partial charge in [0.1, 0.15) is 5.82 Å². The van der Waals surface area contributed by atoms with E-state index in [1.54, 1.807) is 6.07 Å². The minimum atomic E-state index is -0.159. The molecule has 26 heavy (non-hydrogen) atoms. The minimum absolute atomic E-state index is 0.159. The van der Waals surface area contributed by atoms with Gasteiger partial charge in [-0.2, -0.15) is 0 Å². The van der Waals surface area contributed by atoms with Crippen molar-refractivity contribution in [1.29, 1.82) is 0 Å². The molecule has 6 heteroatoms. The summed E-state index contributed by atoms with van der Waals surface area (Å²) in [4.78, 5) is 11.1. The maximum absolute atomic E-state index is 14.6. The van der Waals surface area contributed by atoms with Gasteiger partial charge in [0.2, 0.25) is 0 Å². The first-order valence-corrected chi connectivity index (χ1v) is 9.87. The van der Waals surface area contributed by atoms with Gasteiger partial charge < -0.3 is 20.4 Å². The summed E-state index contributed by atoms with van der Waals surface area (Å²) in [5.74, 6) is 1.19. The van der Waals surface area contributed by atoms with Gasteiger partial charge in [-0.15, -0.1) is 0 Å². The van der Waals surface area contributed by atoms with Crippen LogP contribution in [0.25, 0.3) is 0 Å². The van der Waals surface area contributed by atoms with Crippen LogP contribution in [-0.4, -0.2) is 61.6 Å². The fourth-order valence-electron chi connectivity index (χ4n) is 3.72. The van der Waals surface area contributed by atoms with Crippen molar-refractivity contribution in [2.75, 3.05) is 50.7 Å². The highest BCUT2D eigenvalue weighted by Gasteiger charge is 2.19. The molecule has 0 atom stereocenters. The van der Waals surface area contributed by atoms with Crippen LogP contribution in [0.1, 0.15) is 32.3 Å². The molecule has 1 aromatic rings. The molecule has 0 aromatic heterocycles. The van der Waals surface area contributed by atoms with Crippen LogP contribution in [0, 0.1) is 11.7 Å². The zero-order chi connectivity index (χ0) is 18.5. The molecule has 1 aromatic carbocycles. The third-order valence-corrected chi connectivity index (χ3v) is 5.70. The molecule has 0 spiro atoms. The van der Waals surface area contributed by atoms with E-state index < -0.39 is 0 Å². The van der Waals surface area contributed by atoms with Crippen molar-refractivity contribution in [1.82, 2.24) is 9.80 Å². The van der Waals surface area contributed by atoms with Crippen molar-refractivity contribution in [2.45, 2.75) is 33.2 Å². The first-order chi connectivity index (χ1) is 12.6. The summed E-state index contributed by atoms with van der Waals surface area (Å²) >= 11 is 0. The molecule has 2 N–H and O–H groups in total. The van der Waals surface area contributed by atoms with Crippen LogP contribution >= 0.6 is 0 Å². The molecule has 2 aliphatic rings. The van der Waals surface area contributed by atoms with Crippen molar-refractivity contribution < 1.29 is 4.39 Å². The number of benzene rings is 1. The van der Waals surface area contributed by atoms with Crippen molar-refractivity contribution in [2.24, 2.45) is 16.6 Å². The second-order valence-electron chi connectivity index (χ2n) is 7.55. The van der Waals surface area contributed by atoms with Gasteiger partial charge in [0.25, 0.3) is 0 Å². The van der Waals surface area contributed by atoms with E-state index in [2.05, 4.69) is 33.5 Å². The quantitative estimate of drug-likeness (QED) is 0.661. The Hall–Kier alpha value is -1.82. The third-order valence-electron chi connectivity index (χ3n) is 5.70. The van der Waals surface area contributed by atoms with Gasteiger partial charge >= 0.3 is 0 Å². The van der Waals surface area contributed by atoms with E-state index in [4.69, 9.17) is 5.73 Å². The molecule has 2 fully saturated rings. The molecular formula is C20H32FN5. The summed E-state index contributed by atoms with van der Waals surface area (Å²) < 4.78 is 14.6. The molecule has 2 saturated heterocycles. The molecule has 0 amide bonds. The average Bonchev–Trinajstić information content (AvgIpc) is 2.67. The Bertz CT molecular complexity index is 617. The van der Waals surface area contributed by atoms with Crippen LogP contribution in [0.3, 0.4) is 0 Å². The molecule has 0 saturated carbocycles. The molecule has 2 heterocycles. The number of aliphatic imine (C=N–C) groups is 1. The molecule has 144 valence electrons. The lowest BCUT2D eigenvalue weighted by Gasteiger charge is -2.35. The number of likely N-dealkylation sites (N-methyl/N-ethyl adjacent to an activating group) is 1. The van der Waals surface area contributed by atoms with Crippen LogP contribution in [0.5, 0.6) is 0 Å². The molecule has 2 aliphatic heterocycles. The fourth-order valence-corrected chi connectivity index (χ4v) is 3.72. The van der Waals surface area contributed by atoms with Gasteiger partial charge in [0.15, 0.2) is 5.96 Å². The van der Waals surface area contributed by atoms with E-state index in [-0.39, 0.29) is 5.82 Å². The zero-order valence-electron chi connectivity index (χ0n) is 16.1. The van der Waals surface area contributed by atoms with Gasteiger partial charge in [0, 0.05) is 39.3 Å². The van der Waals surface area contributed by atoms with Crippen molar-refractivity contribution in [3.63, 3.8) is 0 Å². The monoisotopic (exact) mass is 361 g/mol. The molecule has 3 rings (SSSR count). The lowest BCUT2D eigenvalue weighted by atomic mass is 10.00. The highest BCUT2D eigenvalue weighted by atomic mass is 19.1. The van der Waals surface area contributed by atoms with E-state index in [0.717, 1.165) is 70.1 Å². The highest BCUT2D eigenvalue weighted by Crippen LogP contribution is 2.22. The summed E-state index contributed by atoms with van der Waals surface area (Å²) in [6.07, 6.45) is 2.32. The maximum atomic E-state index is 14.6. The van der Waals surface area contributed by atoms with E-state index in [1.807, 2.05) is 12.1 Å². The maximum Gasteiger partial charge on any atom is 0.191 e. The second kappa shape index (κ2) is 8.71. The Labute approximate surface area is 156 Å². The minimum Gasteiger partial charge on any atom is -0.370 e. The number of hydrogen-bond acceptors (Lipinski definition) is 3. The number of piperidine rings is 1. The number of nitrogens with zero attached hydrogens (tertiary/aromatic N) is 4. The average molecular weight is 362 g/mol. The SMILES string of the molecule is CCN1CCN(c2ccc(CN=C(N)N3CCC(C)CC3)cc2F)CC1. The van der Waals surface area contributed by atoms with Gasteiger partial charge in [-0.05, 0) is 43.0 Å². The largest absolute Gasteiger partial charge is 0.370 e. The number of guanidine groups is 1. The van der Waals surface area contributed by atoms with Gasteiger partial charge in [-0.1, -0.05) is 19.9 Å². The summed E-state index contributed by atoms with van der Waals surface area (Å²) in [5.41, 5.74) is 7.69. The van der Waals surface area contributed by atoms with E-state index in [0.29, 0.717) is 18.2 Å². The van der Waals surface area contributed by atoms with Crippen LogP contribution < -0.4 is 10.6 Å². The summed E-state index contributed by atoms with van der Waals surface area (Å²) in [5, 5.41) is 0. The Morgan fingerprint density at radius 2 is 1.85 bits per heavy atom. The first-order valence-electron chi connectivity index (χ1n) is 9.87. The summed E-state index contributed by atoms with van der Waals surface area (Å²) in [7, 11) is 0. The number of rotatable bonds is 4. The van der Waals surface area contributed by atoms with E-state index in [9.17, 15) is 4.39 Å². The first kappa shape index (κ1) is 19.0. The normalized spacial score (nSPS) is 20.7. The fraction of sp³-hybridized carbons (Fsp3) is 0.650. The number of hydrogen-bond donors (Lipinski definition) is 1. The van der Waals surface area contributed by atoms with Crippen molar-refractivity contribution >= 4 is 11.6 Å². The second-order valence-corrected chi connectivity index (χ2v) is 7.55. The lowest BCUT2D eigenvalue weighted by Crippen LogP contribution is -2.46. The Morgan fingerprint density at radius 3 is 2.46 bits per heavy atom. The predicted molar refractivity (Wildman–Crippen MR) is 106 cm³/mol. The van der Waals surface area contributed by atoms with Gasteiger partial charge in [-0.3, -0.25) is 0 Å². The summed E-state index contributed by atoms with van der Waals surface area (Å²) in [6.45, 7) is 11.6. The Kier molecular flexibility index (Phi) is 6.35. The number of likely N-dealkylation sites (tertiary alicyclic amines) is 1. The number of piperazine rings is 1. The molecular weight excluding hydrogens is 329 g/mol. The Morgan fingerprint density at radius 1 is 1.15 bits per heavy atom. The van der Waals surface area contributed by atoms with Gasteiger partial charge in [0.05, 0.1) is 12.2 Å². The van der Waals surface area contributed by atoms with Crippen molar-refractivity contribution in [3.8, 4) is 0 Å². The molecule has 5 nitrogen and oxygen atoms in total. The molecule has 0 unspecified atom stereocenters. The standard InChI is InChI=1S/C20H32FN5/c1-3-24-10-12-25(13-11-24)19-5-4-17(14-18(19)21)15-23-20(22)26-8-6-16(2)7-9-26/h4-5,14,16H,3,6-13,15H2,1-2H3,(H2,22,23). The molecule has 0 bridgehead atoms. The van der Waals surface area contributed by atoms with Crippen LogP contribution in [0.15, 0.2) is 23.2 Å². The number of halogens is 1. The zero-order valence-corrected chi connectivity index (χ0v) is 16.1.